The number of aliphatic hydroxyl groups is 2. The van der Waals surface area contributed by atoms with Gasteiger partial charge >= 0.3 is 0 Å². The standard InChI is InChI=1S/C11H20O3S/c12-9-10(1-5-14-6-2-10)11(13)3-7-15-8-4-11/h12-13H,1-9H2. The van der Waals surface area contributed by atoms with E-state index in [-0.39, 0.29) is 12.0 Å². The Bertz CT molecular complexity index is 208. The molecule has 0 aromatic rings. The molecule has 4 heteroatoms. The Morgan fingerprint density at radius 1 is 1.07 bits per heavy atom. The molecule has 2 N–H and O–H groups in total. The lowest BCUT2D eigenvalue weighted by molar-refractivity contribution is -0.157. The van der Waals surface area contributed by atoms with E-state index >= 15 is 0 Å². The molecule has 2 heterocycles. The minimum Gasteiger partial charge on any atom is -0.396 e. The van der Waals surface area contributed by atoms with Crippen LogP contribution >= 0.6 is 11.8 Å². The highest BCUT2D eigenvalue weighted by atomic mass is 32.2. The second-order valence-electron chi connectivity index (χ2n) is 4.69. The summed E-state index contributed by atoms with van der Waals surface area (Å²) in [6.07, 6.45) is 3.23. The van der Waals surface area contributed by atoms with Crippen molar-refractivity contribution >= 4 is 11.8 Å². The van der Waals surface area contributed by atoms with Crippen LogP contribution in [0, 0.1) is 5.41 Å². The molecule has 0 aromatic carbocycles. The second-order valence-corrected chi connectivity index (χ2v) is 5.92. The zero-order chi connectivity index (χ0) is 10.8. The van der Waals surface area contributed by atoms with Crippen molar-refractivity contribution in [2.45, 2.75) is 31.3 Å². The van der Waals surface area contributed by atoms with Gasteiger partial charge in [-0.25, -0.2) is 0 Å². The van der Waals surface area contributed by atoms with Gasteiger partial charge in [-0.05, 0) is 37.2 Å². The number of thioether (sulfide) groups is 1. The summed E-state index contributed by atoms with van der Waals surface area (Å²) in [4.78, 5) is 0. The van der Waals surface area contributed by atoms with Crippen molar-refractivity contribution in [1.82, 2.24) is 0 Å². The molecule has 2 aliphatic rings. The fourth-order valence-corrected chi connectivity index (χ4v) is 3.94. The summed E-state index contributed by atoms with van der Waals surface area (Å²) in [5.41, 5.74) is -0.955. The van der Waals surface area contributed by atoms with Gasteiger partial charge in [0.15, 0.2) is 0 Å². The topological polar surface area (TPSA) is 49.7 Å². The van der Waals surface area contributed by atoms with Crippen LogP contribution in [0.5, 0.6) is 0 Å². The first-order valence-corrected chi connectivity index (χ1v) is 6.87. The van der Waals surface area contributed by atoms with Crippen LogP contribution in [0.4, 0.5) is 0 Å². The molecule has 0 spiro atoms. The Morgan fingerprint density at radius 3 is 2.20 bits per heavy atom. The van der Waals surface area contributed by atoms with E-state index < -0.39 is 5.60 Å². The van der Waals surface area contributed by atoms with E-state index in [1.807, 2.05) is 11.8 Å². The van der Waals surface area contributed by atoms with Crippen LogP contribution < -0.4 is 0 Å². The SMILES string of the molecule is OCC1(C2(O)CCSCC2)CCOCC1. The Kier molecular flexibility index (Phi) is 3.60. The van der Waals surface area contributed by atoms with Crippen molar-refractivity contribution in [1.29, 1.82) is 0 Å². The third kappa shape index (κ3) is 2.05. The minimum absolute atomic E-state index is 0.0948. The van der Waals surface area contributed by atoms with Gasteiger partial charge in [-0.1, -0.05) is 0 Å². The smallest absolute Gasteiger partial charge is 0.0743 e. The van der Waals surface area contributed by atoms with Crippen LogP contribution in [0.3, 0.4) is 0 Å². The molecule has 3 nitrogen and oxygen atoms in total. The Labute approximate surface area is 95.2 Å². The molecule has 15 heavy (non-hydrogen) atoms. The predicted octanol–water partition coefficient (Wildman–Crippen LogP) is 1.03. The van der Waals surface area contributed by atoms with E-state index in [4.69, 9.17) is 4.74 Å². The van der Waals surface area contributed by atoms with Gasteiger partial charge in [0.05, 0.1) is 12.2 Å². The Morgan fingerprint density at radius 2 is 1.67 bits per heavy atom. The molecule has 0 saturated carbocycles. The van der Waals surface area contributed by atoms with Crippen molar-refractivity contribution in [2.24, 2.45) is 5.41 Å². The lowest BCUT2D eigenvalue weighted by Crippen LogP contribution is -2.55. The molecule has 0 atom stereocenters. The highest BCUT2D eigenvalue weighted by Gasteiger charge is 2.50. The molecule has 0 unspecified atom stereocenters. The van der Waals surface area contributed by atoms with Crippen molar-refractivity contribution in [3.63, 3.8) is 0 Å². The van der Waals surface area contributed by atoms with Crippen molar-refractivity contribution in [2.75, 3.05) is 31.3 Å². The van der Waals surface area contributed by atoms with E-state index in [2.05, 4.69) is 0 Å². The summed E-state index contributed by atoms with van der Waals surface area (Å²) >= 11 is 1.90. The normalized spacial score (nSPS) is 30.0. The molecule has 2 saturated heterocycles. The fourth-order valence-electron chi connectivity index (χ4n) is 2.77. The first-order chi connectivity index (χ1) is 7.22. The molecule has 0 aromatic heterocycles. The van der Waals surface area contributed by atoms with Crippen molar-refractivity contribution in [3.05, 3.63) is 0 Å². The Balaban J connectivity index is 2.15. The molecule has 2 rings (SSSR count). The van der Waals surface area contributed by atoms with E-state index in [1.54, 1.807) is 0 Å². The van der Waals surface area contributed by atoms with Gasteiger partial charge in [0.2, 0.25) is 0 Å². The lowest BCUT2D eigenvalue weighted by atomic mass is 9.64. The molecule has 0 radical (unpaired) electrons. The molecule has 2 fully saturated rings. The second kappa shape index (κ2) is 4.62. The summed E-state index contributed by atoms with van der Waals surface area (Å²) in [6, 6.07) is 0. The van der Waals surface area contributed by atoms with Crippen LogP contribution in [0.25, 0.3) is 0 Å². The number of rotatable bonds is 2. The monoisotopic (exact) mass is 232 g/mol. The fraction of sp³-hybridized carbons (Fsp3) is 1.00. The molecule has 0 aliphatic carbocycles. The van der Waals surface area contributed by atoms with Gasteiger partial charge in [0.1, 0.15) is 0 Å². The van der Waals surface area contributed by atoms with Gasteiger partial charge in [0, 0.05) is 18.6 Å². The average Bonchev–Trinajstić information content (AvgIpc) is 2.31. The van der Waals surface area contributed by atoms with Crippen molar-refractivity contribution < 1.29 is 14.9 Å². The first kappa shape index (κ1) is 11.7. The van der Waals surface area contributed by atoms with Crippen LogP contribution in [0.15, 0.2) is 0 Å². The summed E-state index contributed by atoms with van der Waals surface area (Å²) in [5, 5.41) is 20.4. The highest BCUT2D eigenvalue weighted by Crippen LogP contribution is 2.47. The molecule has 0 amide bonds. The zero-order valence-electron chi connectivity index (χ0n) is 9.07. The van der Waals surface area contributed by atoms with Crippen LogP contribution in [-0.4, -0.2) is 47.1 Å². The van der Waals surface area contributed by atoms with Gasteiger partial charge in [0.25, 0.3) is 0 Å². The molecule has 88 valence electrons. The van der Waals surface area contributed by atoms with Crippen LogP contribution in [-0.2, 0) is 4.74 Å². The zero-order valence-corrected chi connectivity index (χ0v) is 9.89. The average molecular weight is 232 g/mol. The van der Waals surface area contributed by atoms with Crippen LogP contribution in [0.1, 0.15) is 25.7 Å². The van der Waals surface area contributed by atoms with Gasteiger partial charge in [-0.15, -0.1) is 0 Å². The number of aliphatic hydroxyl groups excluding tert-OH is 1. The van der Waals surface area contributed by atoms with E-state index in [9.17, 15) is 10.2 Å². The summed E-state index contributed by atoms with van der Waals surface area (Å²) in [5.74, 6) is 2.03. The Hall–Kier alpha value is 0.230. The summed E-state index contributed by atoms with van der Waals surface area (Å²) in [7, 11) is 0. The molecule has 2 aliphatic heterocycles. The van der Waals surface area contributed by atoms with Gasteiger partial charge in [-0.2, -0.15) is 11.8 Å². The lowest BCUT2D eigenvalue weighted by Gasteiger charge is -2.50. The van der Waals surface area contributed by atoms with Gasteiger partial charge in [-0.3, -0.25) is 0 Å². The van der Waals surface area contributed by atoms with Crippen molar-refractivity contribution in [3.8, 4) is 0 Å². The maximum atomic E-state index is 10.7. The van der Waals surface area contributed by atoms with E-state index in [0.29, 0.717) is 13.2 Å². The molecular formula is C11H20O3S. The van der Waals surface area contributed by atoms with E-state index in [0.717, 1.165) is 37.2 Å². The number of hydrogen-bond donors (Lipinski definition) is 2. The number of hydrogen-bond acceptors (Lipinski definition) is 4. The first-order valence-electron chi connectivity index (χ1n) is 5.71. The third-order valence-corrected chi connectivity index (χ3v) is 5.05. The third-order valence-electron chi connectivity index (χ3n) is 4.06. The van der Waals surface area contributed by atoms with Crippen LogP contribution in [0.2, 0.25) is 0 Å². The maximum absolute atomic E-state index is 10.7. The van der Waals surface area contributed by atoms with E-state index in [1.165, 1.54) is 0 Å². The number of ether oxygens (including phenoxy) is 1. The summed E-state index contributed by atoms with van der Waals surface area (Å²) in [6.45, 7) is 1.45. The maximum Gasteiger partial charge on any atom is 0.0743 e. The quantitative estimate of drug-likeness (QED) is 0.747. The highest BCUT2D eigenvalue weighted by molar-refractivity contribution is 7.99. The summed E-state index contributed by atoms with van der Waals surface area (Å²) < 4.78 is 5.33. The van der Waals surface area contributed by atoms with Gasteiger partial charge < -0.3 is 14.9 Å². The minimum atomic E-state index is -0.656. The molecule has 0 bridgehead atoms. The molecular weight excluding hydrogens is 212 g/mol. The largest absolute Gasteiger partial charge is 0.396 e. The predicted molar refractivity (Wildman–Crippen MR) is 61.1 cm³/mol.